The van der Waals surface area contributed by atoms with Crippen LogP contribution in [0.4, 0.5) is 4.79 Å². The average Bonchev–Trinajstić information content (AvgIpc) is 2.48. The lowest BCUT2D eigenvalue weighted by Crippen LogP contribution is -2.47. The second-order valence-corrected chi connectivity index (χ2v) is 4.91. The minimum absolute atomic E-state index is 0.0558. The van der Waals surface area contributed by atoms with Gasteiger partial charge in [0.2, 0.25) is 0 Å². The van der Waals surface area contributed by atoms with Gasteiger partial charge in [0.05, 0.1) is 12.6 Å². The summed E-state index contributed by atoms with van der Waals surface area (Å²) in [7, 11) is 1.60. The average molecular weight is 276 g/mol. The van der Waals surface area contributed by atoms with Gasteiger partial charge in [-0.3, -0.25) is 4.99 Å². The van der Waals surface area contributed by atoms with Gasteiger partial charge in [0.15, 0.2) is 0 Å². The summed E-state index contributed by atoms with van der Waals surface area (Å²) in [4.78, 5) is 17.1. The van der Waals surface area contributed by atoms with Gasteiger partial charge in [-0.1, -0.05) is 30.3 Å². The molecule has 1 fully saturated rings. The molecule has 0 aromatic heterocycles. The lowest BCUT2D eigenvalue weighted by atomic mass is 10.0. The Kier molecular flexibility index (Phi) is 4.74. The molecule has 1 amide bonds. The number of nitrogens with zero attached hydrogens (tertiary/aromatic N) is 2. The maximum absolute atomic E-state index is 11.0. The molecule has 0 aliphatic carbocycles. The molecule has 1 N–H and O–H groups in total. The molecule has 5 nitrogen and oxygen atoms in total. The van der Waals surface area contributed by atoms with Crippen molar-refractivity contribution in [3.05, 3.63) is 35.9 Å². The van der Waals surface area contributed by atoms with Crippen LogP contribution in [0.1, 0.15) is 24.9 Å². The van der Waals surface area contributed by atoms with Crippen LogP contribution in [-0.4, -0.2) is 48.1 Å². The highest BCUT2D eigenvalue weighted by Gasteiger charge is 2.28. The predicted molar refractivity (Wildman–Crippen MR) is 77.3 cm³/mol. The number of hydrogen-bond donors (Lipinski definition) is 1. The molecular formula is C15H20N2O3. The normalized spacial score (nSPS) is 22.8. The van der Waals surface area contributed by atoms with E-state index in [1.54, 1.807) is 7.11 Å². The molecule has 0 spiro atoms. The zero-order valence-electron chi connectivity index (χ0n) is 11.8. The topological polar surface area (TPSA) is 62.1 Å². The number of hydrogen-bond acceptors (Lipinski definition) is 3. The zero-order chi connectivity index (χ0) is 14.5. The number of piperidine rings is 1. The third kappa shape index (κ3) is 3.36. The molecule has 108 valence electrons. The van der Waals surface area contributed by atoms with Gasteiger partial charge in [-0.2, -0.15) is 0 Å². The number of ether oxygens (including phenoxy) is 1. The first-order valence-corrected chi connectivity index (χ1v) is 6.74. The number of methoxy groups -OCH3 is 1. The summed E-state index contributed by atoms with van der Waals surface area (Å²) in [6.07, 6.45) is -0.518. The zero-order valence-corrected chi connectivity index (χ0v) is 11.8. The van der Waals surface area contributed by atoms with Crippen molar-refractivity contribution in [2.45, 2.75) is 25.5 Å². The summed E-state index contributed by atoms with van der Waals surface area (Å²) in [5.74, 6) is 0. The van der Waals surface area contributed by atoms with Gasteiger partial charge in [-0.25, -0.2) is 4.79 Å². The van der Waals surface area contributed by atoms with Crippen LogP contribution in [0, 0.1) is 0 Å². The number of aliphatic imine (C=N–C) groups is 1. The van der Waals surface area contributed by atoms with E-state index in [9.17, 15) is 4.79 Å². The van der Waals surface area contributed by atoms with E-state index in [1.165, 1.54) is 4.90 Å². The van der Waals surface area contributed by atoms with Crippen molar-refractivity contribution in [2.24, 2.45) is 4.99 Å². The van der Waals surface area contributed by atoms with Crippen LogP contribution in [0.15, 0.2) is 35.3 Å². The number of carboxylic acid groups (broad SMARTS) is 1. The van der Waals surface area contributed by atoms with E-state index >= 15 is 0 Å². The second kappa shape index (κ2) is 6.52. The first kappa shape index (κ1) is 14.5. The van der Waals surface area contributed by atoms with Gasteiger partial charge in [-0.15, -0.1) is 0 Å². The summed E-state index contributed by atoms with van der Waals surface area (Å²) >= 11 is 0. The Balaban J connectivity index is 2.11. The van der Waals surface area contributed by atoms with E-state index < -0.39 is 6.09 Å². The van der Waals surface area contributed by atoms with Crippen molar-refractivity contribution in [3.63, 3.8) is 0 Å². The lowest BCUT2D eigenvalue weighted by Gasteiger charge is -2.31. The molecule has 2 rings (SSSR count). The summed E-state index contributed by atoms with van der Waals surface area (Å²) in [6, 6.07) is 10.1. The summed E-state index contributed by atoms with van der Waals surface area (Å²) in [5.41, 5.74) is 2.09. The molecular weight excluding hydrogens is 256 g/mol. The number of carbonyl (C=O) groups is 1. The predicted octanol–water partition coefficient (Wildman–Crippen LogP) is 2.59. The highest BCUT2D eigenvalue weighted by molar-refractivity contribution is 5.91. The molecule has 1 aliphatic heterocycles. The summed E-state index contributed by atoms with van der Waals surface area (Å²) < 4.78 is 5.39. The fraction of sp³-hybridized carbons (Fsp3) is 0.467. The molecule has 1 unspecified atom stereocenters. The van der Waals surface area contributed by atoms with Gasteiger partial charge >= 0.3 is 6.09 Å². The maximum atomic E-state index is 11.0. The molecule has 1 aromatic carbocycles. The highest BCUT2D eigenvalue weighted by Crippen LogP contribution is 2.20. The quantitative estimate of drug-likeness (QED) is 0.923. The van der Waals surface area contributed by atoms with E-state index in [2.05, 4.69) is 0 Å². The third-order valence-corrected chi connectivity index (χ3v) is 3.59. The van der Waals surface area contributed by atoms with Crippen LogP contribution < -0.4 is 0 Å². The molecule has 1 heterocycles. The SMILES string of the molecule is CO[C@H]1CN(C(=O)O)CC/C1=N/C(C)c1ccccc1. The summed E-state index contributed by atoms with van der Waals surface area (Å²) in [5, 5.41) is 9.03. The van der Waals surface area contributed by atoms with Crippen molar-refractivity contribution in [1.82, 2.24) is 4.90 Å². The van der Waals surface area contributed by atoms with Gasteiger partial charge < -0.3 is 14.7 Å². The number of likely N-dealkylation sites (tertiary alicyclic amines) is 1. The highest BCUT2D eigenvalue weighted by atomic mass is 16.5. The van der Waals surface area contributed by atoms with Crippen LogP contribution in [-0.2, 0) is 4.74 Å². The smallest absolute Gasteiger partial charge is 0.407 e. The Labute approximate surface area is 118 Å². The Morgan fingerprint density at radius 1 is 1.45 bits per heavy atom. The number of rotatable bonds is 3. The molecule has 1 saturated heterocycles. The Bertz CT molecular complexity index is 487. The van der Waals surface area contributed by atoms with E-state index in [0.717, 1.165) is 11.3 Å². The van der Waals surface area contributed by atoms with Crippen LogP contribution in [0.5, 0.6) is 0 Å². The number of amides is 1. The van der Waals surface area contributed by atoms with Crippen LogP contribution in [0.25, 0.3) is 0 Å². The Morgan fingerprint density at radius 2 is 2.15 bits per heavy atom. The van der Waals surface area contributed by atoms with E-state index in [-0.39, 0.29) is 12.1 Å². The molecule has 5 heteroatoms. The van der Waals surface area contributed by atoms with Crippen molar-refractivity contribution in [2.75, 3.05) is 20.2 Å². The first-order chi connectivity index (χ1) is 9.61. The van der Waals surface area contributed by atoms with Crippen molar-refractivity contribution in [1.29, 1.82) is 0 Å². The van der Waals surface area contributed by atoms with Crippen LogP contribution in [0.3, 0.4) is 0 Å². The minimum atomic E-state index is -0.901. The van der Waals surface area contributed by atoms with Gasteiger partial charge in [0, 0.05) is 25.8 Å². The monoisotopic (exact) mass is 276 g/mol. The number of benzene rings is 1. The standard InChI is InChI=1S/C15H20N2O3/c1-11(12-6-4-3-5-7-12)16-13-8-9-17(15(18)19)10-14(13)20-2/h3-7,11,14H,8-10H2,1-2H3,(H,18,19)/b16-13-/t11?,14-/m0/s1. The molecule has 0 bridgehead atoms. The maximum Gasteiger partial charge on any atom is 0.407 e. The largest absolute Gasteiger partial charge is 0.465 e. The van der Waals surface area contributed by atoms with Crippen LogP contribution >= 0.6 is 0 Å². The van der Waals surface area contributed by atoms with Crippen LogP contribution in [0.2, 0.25) is 0 Å². The van der Waals surface area contributed by atoms with E-state index in [4.69, 9.17) is 14.8 Å². The third-order valence-electron chi connectivity index (χ3n) is 3.59. The van der Waals surface area contributed by atoms with Crippen molar-refractivity contribution in [3.8, 4) is 0 Å². The molecule has 20 heavy (non-hydrogen) atoms. The fourth-order valence-corrected chi connectivity index (χ4v) is 2.39. The Hall–Kier alpha value is -1.88. The minimum Gasteiger partial charge on any atom is -0.465 e. The molecule has 0 saturated carbocycles. The molecule has 1 aliphatic rings. The lowest BCUT2D eigenvalue weighted by molar-refractivity contribution is 0.0858. The van der Waals surface area contributed by atoms with Crippen molar-refractivity contribution < 1.29 is 14.6 Å². The fourth-order valence-electron chi connectivity index (χ4n) is 2.39. The van der Waals surface area contributed by atoms with Gasteiger partial charge in [-0.05, 0) is 12.5 Å². The second-order valence-electron chi connectivity index (χ2n) is 4.91. The van der Waals surface area contributed by atoms with Gasteiger partial charge in [0.25, 0.3) is 0 Å². The van der Waals surface area contributed by atoms with E-state index in [1.807, 2.05) is 37.3 Å². The molecule has 2 atom stereocenters. The van der Waals surface area contributed by atoms with E-state index in [0.29, 0.717) is 19.5 Å². The first-order valence-electron chi connectivity index (χ1n) is 6.74. The summed E-state index contributed by atoms with van der Waals surface area (Å²) in [6.45, 7) is 2.88. The molecule has 1 aromatic rings. The Morgan fingerprint density at radius 3 is 2.75 bits per heavy atom. The molecule has 0 radical (unpaired) electrons. The van der Waals surface area contributed by atoms with Gasteiger partial charge in [0.1, 0.15) is 6.10 Å². The van der Waals surface area contributed by atoms with Crippen molar-refractivity contribution >= 4 is 11.8 Å².